The van der Waals surface area contributed by atoms with E-state index in [1.54, 1.807) is 31.4 Å². The average Bonchev–Trinajstić information content (AvgIpc) is 2.87. The van der Waals surface area contributed by atoms with E-state index in [9.17, 15) is 8.42 Å². The van der Waals surface area contributed by atoms with E-state index >= 15 is 0 Å². The lowest BCUT2D eigenvalue weighted by Gasteiger charge is -2.42. The van der Waals surface area contributed by atoms with E-state index in [1.807, 2.05) is 20.2 Å². The van der Waals surface area contributed by atoms with Crippen LogP contribution in [0.15, 0.2) is 59.5 Å². The van der Waals surface area contributed by atoms with E-state index in [2.05, 4.69) is 21.9 Å². The molecule has 0 aromatic heterocycles. The van der Waals surface area contributed by atoms with Gasteiger partial charge in [-0.3, -0.25) is 4.90 Å². The van der Waals surface area contributed by atoms with E-state index in [0.29, 0.717) is 12.3 Å². The van der Waals surface area contributed by atoms with Crippen molar-refractivity contribution in [3.8, 4) is 17.2 Å². The van der Waals surface area contributed by atoms with Gasteiger partial charge in [-0.25, -0.2) is 0 Å². The summed E-state index contributed by atoms with van der Waals surface area (Å²) in [5, 5.41) is 0. The number of fused-ring (bicyclic) bond motifs is 4. The van der Waals surface area contributed by atoms with Gasteiger partial charge in [0.2, 0.25) is 0 Å². The fourth-order valence-corrected chi connectivity index (χ4v) is 6.12. The van der Waals surface area contributed by atoms with Crippen LogP contribution in [0.3, 0.4) is 0 Å². The molecular formula is C27H30N2O5S. The maximum absolute atomic E-state index is 13.1. The van der Waals surface area contributed by atoms with Crippen molar-refractivity contribution in [1.82, 2.24) is 4.90 Å². The molecule has 0 N–H and O–H groups in total. The normalized spacial score (nSPS) is 17.1. The molecule has 0 bridgehead atoms. The number of ether oxygens (including phenoxy) is 2. The van der Waals surface area contributed by atoms with Crippen LogP contribution >= 0.6 is 0 Å². The smallest absolute Gasteiger partial charge is 0.339 e. The molecule has 2 aliphatic heterocycles. The Hall–Kier alpha value is -3.23. The van der Waals surface area contributed by atoms with E-state index < -0.39 is 10.1 Å². The number of methoxy groups -OCH3 is 2. The topological polar surface area (TPSA) is 68.3 Å². The highest BCUT2D eigenvalue weighted by atomic mass is 32.2. The molecular weight excluding hydrogens is 464 g/mol. The molecule has 2 aliphatic rings. The Kier molecular flexibility index (Phi) is 6.11. The number of benzene rings is 3. The Morgan fingerprint density at radius 1 is 0.943 bits per heavy atom. The third kappa shape index (κ3) is 4.21. The van der Waals surface area contributed by atoms with Gasteiger partial charge < -0.3 is 18.6 Å². The second-order valence-electron chi connectivity index (χ2n) is 9.14. The molecule has 7 nitrogen and oxygen atoms in total. The van der Waals surface area contributed by atoms with Crippen LogP contribution in [0.4, 0.5) is 5.69 Å². The van der Waals surface area contributed by atoms with Gasteiger partial charge in [0.15, 0.2) is 11.5 Å². The largest absolute Gasteiger partial charge is 0.495 e. The SMILES string of the molecule is COc1cc2c(cc1N(C)C)C1Cc3ccc(OC)c(OS(=O)(=O)c4ccccc4)c3CN1CC2. The van der Waals surface area contributed by atoms with Crippen molar-refractivity contribution in [2.75, 3.05) is 39.8 Å². The summed E-state index contributed by atoms with van der Waals surface area (Å²) in [5.74, 6) is 1.57. The number of hydrogen-bond acceptors (Lipinski definition) is 7. The summed E-state index contributed by atoms with van der Waals surface area (Å²) < 4.78 is 43.0. The van der Waals surface area contributed by atoms with E-state index in [0.717, 1.165) is 42.0 Å². The lowest BCUT2D eigenvalue weighted by atomic mass is 9.83. The summed E-state index contributed by atoms with van der Waals surface area (Å²) in [6, 6.07) is 16.6. The molecule has 0 amide bonds. The molecule has 2 heterocycles. The monoisotopic (exact) mass is 494 g/mol. The Balaban J connectivity index is 1.55. The maximum Gasteiger partial charge on any atom is 0.339 e. The summed E-state index contributed by atoms with van der Waals surface area (Å²) in [5.41, 5.74) is 5.58. The van der Waals surface area contributed by atoms with E-state index in [1.165, 1.54) is 30.4 Å². The molecule has 1 atom stereocenters. The standard InChI is InChI=1S/C27H30N2O5S/c1-28(2)24-16-21-19(15-26(24)33-4)12-13-29-17-22-18(14-23(21)29)10-11-25(32-3)27(22)34-35(30,31)20-8-6-5-7-9-20/h5-11,15-16,23H,12-14,17H2,1-4H3. The first kappa shape index (κ1) is 23.5. The van der Waals surface area contributed by atoms with Gasteiger partial charge in [-0.15, -0.1) is 0 Å². The van der Waals surface area contributed by atoms with Gasteiger partial charge in [0.25, 0.3) is 0 Å². The first-order chi connectivity index (χ1) is 16.8. The van der Waals surface area contributed by atoms with Gasteiger partial charge >= 0.3 is 10.1 Å². The third-order valence-corrected chi connectivity index (χ3v) is 8.17. The molecule has 3 aromatic carbocycles. The zero-order valence-corrected chi connectivity index (χ0v) is 21.3. The van der Waals surface area contributed by atoms with Gasteiger partial charge in [0.1, 0.15) is 10.6 Å². The van der Waals surface area contributed by atoms with Crippen LogP contribution in [0.5, 0.6) is 17.2 Å². The average molecular weight is 495 g/mol. The highest BCUT2D eigenvalue weighted by Crippen LogP contribution is 2.46. The zero-order valence-electron chi connectivity index (χ0n) is 20.4. The Labute approximate surface area is 207 Å². The number of nitrogens with zero attached hydrogens (tertiary/aromatic N) is 2. The van der Waals surface area contributed by atoms with Crippen molar-refractivity contribution in [2.45, 2.75) is 30.3 Å². The van der Waals surface area contributed by atoms with Crippen molar-refractivity contribution in [3.05, 3.63) is 76.9 Å². The molecule has 0 radical (unpaired) electrons. The molecule has 184 valence electrons. The highest BCUT2D eigenvalue weighted by Gasteiger charge is 2.36. The van der Waals surface area contributed by atoms with Crippen molar-refractivity contribution in [2.24, 2.45) is 0 Å². The maximum atomic E-state index is 13.1. The summed E-state index contributed by atoms with van der Waals surface area (Å²) in [6.07, 6.45) is 1.65. The number of rotatable bonds is 6. The lowest BCUT2D eigenvalue weighted by molar-refractivity contribution is 0.159. The van der Waals surface area contributed by atoms with Crippen molar-refractivity contribution < 1.29 is 22.1 Å². The number of anilines is 1. The predicted octanol–water partition coefficient (Wildman–Crippen LogP) is 4.19. The van der Waals surface area contributed by atoms with Gasteiger partial charge in [-0.05, 0) is 59.9 Å². The number of hydrogen-bond donors (Lipinski definition) is 0. The van der Waals surface area contributed by atoms with Crippen molar-refractivity contribution >= 4 is 15.8 Å². The van der Waals surface area contributed by atoms with E-state index in [4.69, 9.17) is 13.7 Å². The molecule has 0 saturated heterocycles. The minimum atomic E-state index is -4.00. The summed E-state index contributed by atoms with van der Waals surface area (Å²) in [4.78, 5) is 4.59. The summed E-state index contributed by atoms with van der Waals surface area (Å²) in [7, 11) is 3.28. The Bertz CT molecular complexity index is 1360. The second kappa shape index (κ2) is 9.09. The van der Waals surface area contributed by atoms with Crippen LogP contribution in [0.25, 0.3) is 0 Å². The van der Waals surface area contributed by atoms with Gasteiger partial charge in [0, 0.05) is 38.8 Å². The van der Waals surface area contributed by atoms with Crippen LogP contribution < -0.4 is 18.6 Å². The van der Waals surface area contributed by atoms with Gasteiger partial charge in [0.05, 0.1) is 19.9 Å². The van der Waals surface area contributed by atoms with Crippen LogP contribution in [0, 0.1) is 0 Å². The molecule has 0 aliphatic carbocycles. The minimum absolute atomic E-state index is 0.116. The second-order valence-corrected chi connectivity index (χ2v) is 10.7. The molecule has 0 fully saturated rings. The van der Waals surface area contributed by atoms with Crippen LogP contribution in [0.2, 0.25) is 0 Å². The molecule has 0 spiro atoms. The molecule has 3 aromatic rings. The highest BCUT2D eigenvalue weighted by molar-refractivity contribution is 7.87. The fourth-order valence-electron chi connectivity index (χ4n) is 5.13. The minimum Gasteiger partial charge on any atom is -0.495 e. The Morgan fingerprint density at radius 2 is 1.69 bits per heavy atom. The predicted molar refractivity (Wildman–Crippen MR) is 135 cm³/mol. The van der Waals surface area contributed by atoms with Crippen LogP contribution in [-0.4, -0.2) is 48.2 Å². The van der Waals surface area contributed by atoms with Gasteiger partial charge in [-0.1, -0.05) is 24.3 Å². The Morgan fingerprint density at radius 3 is 2.37 bits per heavy atom. The zero-order chi connectivity index (χ0) is 24.7. The van der Waals surface area contributed by atoms with E-state index in [-0.39, 0.29) is 16.7 Å². The summed E-state index contributed by atoms with van der Waals surface area (Å²) >= 11 is 0. The molecule has 8 heteroatoms. The molecule has 5 rings (SSSR count). The summed E-state index contributed by atoms with van der Waals surface area (Å²) in [6.45, 7) is 1.45. The van der Waals surface area contributed by atoms with Gasteiger partial charge in [-0.2, -0.15) is 8.42 Å². The van der Waals surface area contributed by atoms with Crippen LogP contribution in [0.1, 0.15) is 28.3 Å². The fraction of sp³-hybridized carbons (Fsp3) is 0.333. The quantitative estimate of drug-likeness (QED) is 0.476. The van der Waals surface area contributed by atoms with Crippen molar-refractivity contribution in [1.29, 1.82) is 0 Å². The molecule has 0 saturated carbocycles. The van der Waals surface area contributed by atoms with Crippen molar-refractivity contribution in [3.63, 3.8) is 0 Å². The van der Waals surface area contributed by atoms with Crippen LogP contribution in [-0.2, 0) is 29.5 Å². The first-order valence-electron chi connectivity index (χ1n) is 11.6. The molecule has 35 heavy (non-hydrogen) atoms. The third-order valence-electron chi connectivity index (χ3n) is 6.93. The lowest BCUT2D eigenvalue weighted by Crippen LogP contribution is -2.39. The first-order valence-corrected chi connectivity index (χ1v) is 13.0. The molecule has 1 unspecified atom stereocenters.